The third-order valence-corrected chi connectivity index (χ3v) is 3.76. The molecule has 0 bridgehead atoms. The summed E-state index contributed by atoms with van der Waals surface area (Å²) in [6.07, 6.45) is 0. The highest BCUT2D eigenvalue weighted by Crippen LogP contribution is 2.55. The van der Waals surface area contributed by atoms with E-state index in [0.29, 0.717) is 0 Å². The zero-order chi connectivity index (χ0) is 8.48. The van der Waals surface area contributed by atoms with E-state index < -0.39 is 21.3 Å². The van der Waals surface area contributed by atoms with E-state index in [1.165, 1.54) is 0 Å². The lowest BCUT2D eigenvalue weighted by Crippen LogP contribution is -2.15. The molecule has 64 valence electrons. The predicted octanol–water partition coefficient (Wildman–Crippen LogP) is -0.139. The Morgan fingerprint density at radius 3 is 2.00 bits per heavy atom. The van der Waals surface area contributed by atoms with Crippen LogP contribution in [0.2, 0.25) is 0 Å². The molecule has 1 aliphatic heterocycles. The minimum absolute atomic E-state index is 2.37. The molecule has 0 amide bonds. The molecule has 2 atom stereocenters. The summed E-state index contributed by atoms with van der Waals surface area (Å²) in [6, 6.07) is 0. The predicted molar refractivity (Wildman–Crippen MR) is 32.2 cm³/mol. The lowest BCUT2D eigenvalue weighted by atomic mass is 11.3. The molecule has 10 heteroatoms. The van der Waals surface area contributed by atoms with Crippen molar-refractivity contribution in [1.29, 1.82) is 0 Å². The summed E-state index contributed by atoms with van der Waals surface area (Å²) in [5.41, 5.74) is 0. The summed E-state index contributed by atoms with van der Waals surface area (Å²) < 4.78 is 20.9. The first-order valence-electron chi connectivity index (χ1n) is 2.33. The van der Waals surface area contributed by atoms with E-state index >= 15 is 0 Å². The quantitative estimate of drug-likeness (QED) is 0.475. The van der Waals surface area contributed by atoms with Gasteiger partial charge in [-0.25, -0.2) is 0 Å². The highest BCUT2D eigenvalue weighted by molar-refractivity contribution is 7.59. The topological polar surface area (TPSA) is 118 Å². The molecule has 11 heavy (non-hydrogen) atoms. The minimum atomic E-state index is -3.45. The van der Waals surface area contributed by atoms with Crippen LogP contribution in [0.15, 0.2) is 10.4 Å². The van der Waals surface area contributed by atoms with Crippen LogP contribution in [-0.4, -0.2) is 15.0 Å². The summed E-state index contributed by atoms with van der Waals surface area (Å²) in [5.74, 6) is 0. The summed E-state index contributed by atoms with van der Waals surface area (Å²) in [7, 11) is -6.89. The molecule has 2 N–H and O–H groups in total. The molecule has 0 aromatic heterocycles. The lowest BCUT2D eigenvalue weighted by Gasteiger charge is -2.11. The van der Waals surface area contributed by atoms with Crippen molar-refractivity contribution < 1.29 is 28.8 Å². The van der Waals surface area contributed by atoms with Gasteiger partial charge in [0.2, 0.25) is 0 Å². The SMILES string of the molecule is O=[PH](O)C1([PH](=O)O)N=NOO1. The Hall–Kier alpha value is -0.260. The monoisotopic (exact) mass is 202 g/mol. The Morgan fingerprint density at radius 2 is 1.82 bits per heavy atom. The van der Waals surface area contributed by atoms with Gasteiger partial charge in [0.05, 0.1) is 5.28 Å². The van der Waals surface area contributed by atoms with Gasteiger partial charge in [0.25, 0.3) is 16.1 Å². The third kappa shape index (κ3) is 1.36. The average molecular weight is 202 g/mol. The maximum Gasteiger partial charge on any atom is 0.371 e. The van der Waals surface area contributed by atoms with Crippen LogP contribution in [0.3, 0.4) is 0 Å². The normalized spacial score (nSPS) is 34.7. The Morgan fingerprint density at radius 1 is 1.27 bits per heavy atom. The van der Waals surface area contributed by atoms with Crippen molar-refractivity contribution in [2.24, 2.45) is 10.4 Å². The van der Waals surface area contributed by atoms with Crippen LogP contribution >= 0.6 is 16.1 Å². The second kappa shape index (κ2) is 3.00. The Labute approximate surface area is 61.5 Å². The van der Waals surface area contributed by atoms with Crippen molar-refractivity contribution in [3.8, 4) is 0 Å². The van der Waals surface area contributed by atoms with Crippen LogP contribution in [0.4, 0.5) is 0 Å². The Bertz CT molecular complexity index is 223. The van der Waals surface area contributed by atoms with Crippen molar-refractivity contribution in [2.45, 2.75) is 5.21 Å². The first-order valence-corrected chi connectivity index (χ1v) is 5.04. The molecule has 0 spiro atoms. The van der Waals surface area contributed by atoms with Crippen LogP contribution in [0.5, 0.6) is 0 Å². The maximum absolute atomic E-state index is 10.5. The Kier molecular flexibility index (Phi) is 2.41. The smallest absolute Gasteiger partial charge is 0.342 e. The first-order chi connectivity index (χ1) is 5.09. The van der Waals surface area contributed by atoms with Crippen molar-refractivity contribution in [1.82, 2.24) is 0 Å². The van der Waals surface area contributed by atoms with E-state index in [1.807, 2.05) is 0 Å². The molecule has 1 heterocycles. The molecule has 0 fully saturated rings. The van der Waals surface area contributed by atoms with Crippen LogP contribution in [0.1, 0.15) is 0 Å². The molecule has 0 aliphatic carbocycles. The van der Waals surface area contributed by atoms with Gasteiger partial charge in [0.1, 0.15) is 0 Å². The van der Waals surface area contributed by atoms with Crippen molar-refractivity contribution in [3.63, 3.8) is 0 Å². The number of hydrogen-bond donors (Lipinski definition) is 2. The van der Waals surface area contributed by atoms with Gasteiger partial charge in [0, 0.05) is 0 Å². The van der Waals surface area contributed by atoms with E-state index in [4.69, 9.17) is 9.79 Å². The maximum atomic E-state index is 10.5. The molecular formula is CH4N2O6P2. The molecule has 8 nitrogen and oxygen atoms in total. The van der Waals surface area contributed by atoms with E-state index in [-0.39, 0.29) is 0 Å². The van der Waals surface area contributed by atoms with Crippen LogP contribution in [0.25, 0.3) is 0 Å². The summed E-state index contributed by atoms with van der Waals surface area (Å²) in [4.78, 5) is 24.8. The van der Waals surface area contributed by atoms with Gasteiger partial charge in [-0.1, -0.05) is 5.11 Å². The summed E-state index contributed by atoms with van der Waals surface area (Å²) in [6.45, 7) is 0. The van der Waals surface area contributed by atoms with E-state index in [0.717, 1.165) is 0 Å². The van der Waals surface area contributed by atoms with Crippen molar-refractivity contribution >= 4 is 16.1 Å². The summed E-state index contributed by atoms with van der Waals surface area (Å²) in [5, 5.41) is 3.26. The second-order valence-electron chi connectivity index (χ2n) is 1.59. The highest BCUT2D eigenvalue weighted by atomic mass is 31.2. The fourth-order valence-electron chi connectivity index (χ4n) is 0.410. The number of rotatable bonds is 2. The van der Waals surface area contributed by atoms with Crippen LogP contribution in [0, 0.1) is 0 Å². The lowest BCUT2D eigenvalue weighted by molar-refractivity contribution is -0.289. The zero-order valence-electron chi connectivity index (χ0n) is 4.92. The first kappa shape index (κ1) is 8.83. The number of nitrogens with zero attached hydrogens (tertiary/aromatic N) is 2. The van der Waals surface area contributed by atoms with E-state index in [9.17, 15) is 9.13 Å². The standard InChI is InChI=1S/CH4N2O6P2/c4-10(5)1(11(6)7)2-3-9-8-1/h10-11H,(H,4,5)(H,6,7). The molecule has 0 saturated heterocycles. The van der Waals surface area contributed by atoms with Gasteiger partial charge < -0.3 is 9.79 Å². The zero-order valence-corrected chi connectivity index (χ0v) is 6.92. The fourth-order valence-corrected chi connectivity index (χ4v) is 1.61. The van der Waals surface area contributed by atoms with Crippen LogP contribution in [-0.2, 0) is 19.0 Å². The summed E-state index contributed by atoms with van der Waals surface area (Å²) >= 11 is 0. The molecule has 0 radical (unpaired) electrons. The largest absolute Gasteiger partial charge is 0.371 e. The van der Waals surface area contributed by atoms with Crippen LogP contribution < -0.4 is 0 Å². The van der Waals surface area contributed by atoms with Crippen molar-refractivity contribution in [3.05, 3.63) is 0 Å². The van der Waals surface area contributed by atoms with Gasteiger partial charge in [-0.3, -0.25) is 9.13 Å². The second-order valence-corrected chi connectivity index (χ2v) is 4.67. The van der Waals surface area contributed by atoms with E-state index in [2.05, 4.69) is 20.3 Å². The fraction of sp³-hybridized carbons (Fsp3) is 1.00. The minimum Gasteiger partial charge on any atom is -0.342 e. The average Bonchev–Trinajstić information content (AvgIpc) is 2.34. The van der Waals surface area contributed by atoms with Gasteiger partial charge in [0.15, 0.2) is 0 Å². The number of hydrogen-bond acceptors (Lipinski definition) is 6. The molecule has 1 rings (SSSR count). The molecule has 1 aliphatic rings. The van der Waals surface area contributed by atoms with Crippen molar-refractivity contribution in [2.75, 3.05) is 0 Å². The molecule has 0 saturated carbocycles. The van der Waals surface area contributed by atoms with Gasteiger partial charge in [-0.15, -0.1) is 4.89 Å². The van der Waals surface area contributed by atoms with Gasteiger partial charge in [-0.05, 0) is 0 Å². The molecule has 2 unspecified atom stereocenters. The Balaban J connectivity index is 2.98. The molecule has 0 aromatic carbocycles. The van der Waals surface area contributed by atoms with E-state index in [1.54, 1.807) is 0 Å². The van der Waals surface area contributed by atoms with Gasteiger partial charge >= 0.3 is 5.21 Å². The third-order valence-electron chi connectivity index (χ3n) is 0.953. The molecule has 0 aromatic rings. The molecular weight excluding hydrogens is 198 g/mol. The highest BCUT2D eigenvalue weighted by Gasteiger charge is 2.50. The van der Waals surface area contributed by atoms with Gasteiger partial charge in [-0.2, -0.15) is 4.99 Å².